The molecule has 1 aliphatic heterocycles. The largest absolute Gasteiger partial charge is 0.388 e. The fourth-order valence-electron chi connectivity index (χ4n) is 7.84. The molecule has 2 nitrogen and oxygen atoms in total. The molecule has 0 saturated carbocycles. The third kappa shape index (κ3) is 4.56. The Morgan fingerprint density at radius 2 is 1.36 bits per heavy atom. The van der Waals surface area contributed by atoms with E-state index in [1.807, 2.05) is 14.1 Å². The first-order valence-electron chi connectivity index (χ1n) is 16.3. The van der Waals surface area contributed by atoms with Crippen LogP contribution in [0.25, 0.3) is 38.2 Å². The molecule has 0 radical (unpaired) electrons. The topological polar surface area (TPSA) is 24.4 Å². The molecule has 1 heterocycles. The Kier molecular flexibility index (Phi) is 7.25. The molecule has 1 N–H and O–H groups in total. The third-order valence-corrected chi connectivity index (χ3v) is 13.8. The molecule has 0 spiro atoms. The molecule has 0 unspecified atom stereocenters. The van der Waals surface area contributed by atoms with Crippen LogP contribution < -0.4 is 10.5 Å². The molecule has 3 heteroatoms. The van der Waals surface area contributed by atoms with Crippen molar-refractivity contribution in [3.63, 3.8) is 0 Å². The Morgan fingerprint density at radius 3 is 2.02 bits per heavy atom. The Bertz CT molecular complexity index is 2160. The van der Waals surface area contributed by atoms with E-state index in [1.165, 1.54) is 87.7 Å². The van der Waals surface area contributed by atoms with E-state index in [0.717, 1.165) is 18.6 Å². The number of anilines is 1. The van der Waals surface area contributed by atoms with Crippen LogP contribution in [0.4, 0.5) is 5.69 Å². The number of nitrogens with zero attached hydrogens (tertiary/aromatic N) is 1. The maximum absolute atomic E-state index is 4.56. The first kappa shape index (κ1) is 29.2. The van der Waals surface area contributed by atoms with Gasteiger partial charge in [-0.1, -0.05) is 93.7 Å². The highest BCUT2D eigenvalue weighted by Gasteiger charge is 2.39. The molecule has 224 valence electrons. The number of allylic oxidation sites excluding steroid dienone is 5. The maximum atomic E-state index is 4.56. The van der Waals surface area contributed by atoms with Crippen LogP contribution >= 0.6 is 0 Å². The average molecular weight is 603 g/mol. The molecule has 2 aliphatic rings. The van der Waals surface area contributed by atoms with Crippen LogP contribution in [0.3, 0.4) is 0 Å². The number of hydrogen-bond donors (Lipinski definition) is 1. The van der Waals surface area contributed by atoms with E-state index < -0.39 is 8.07 Å². The first-order chi connectivity index (χ1) is 21.8. The molecule has 5 aromatic carbocycles. The summed E-state index contributed by atoms with van der Waals surface area (Å²) in [6, 6.07) is 30.1. The summed E-state index contributed by atoms with van der Waals surface area (Å²) in [4.78, 5) is 4.56. The second kappa shape index (κ2) is 11.2. The lowest BCUT2D eigenvalue weighted by Crippen LogP contribution is -2.49. The fourth-order valence-corrected chi connectivity index (χ4v) is 10.9. The molecule has 0 atom stereocenters. The molecule has 0 bridgehead atoms. The highest BCUT2D eigenvalue weighted by atomic mass is 28.3. The molecule has 0 amide bonds. The zero-order chi connectivity index (χ0) is 31.5. The number of hydrogen-bond acceptors (Lipinski definition) is 2. The third-order valence-electron chi connectivity index (χ3n) is 10.2. The van der Waals surface area contributed by atoms with Gasteiger partial charge in [-0.3, -0.25) is 4.99 Å². The minimum Gasteiger partial charge on any atom is -0.388 e. The highest BCUT2D eigenvalue weighted by molar-refractivity contribution is 6.98. The molecule has 0 fully saturated rings. The van der Waals surface area contributed by atoms with E-state index in [-0.39, 0.29) is 0 Å². The zero-order valence-electron chi connectivity index (χ0n) is 27.6. The van der Waals surface area contributed by atoms with Crippen molar-refractivity contribution in [2.75, 3.05) is 19.4 Å². The maximum Gasteiger partial charge on any atom is 0.114 e. The molecular formula is C42H42N2Si. The van der Waals surface area contributed by atoms with Gasteiger partial charge in [0.2, 0.25) is 0 Å². The zero-order valence-corrected chi connectivity index (χ0v) is 28.6. The van der Waals surface area contributed by atoms with E-state index in [4.69, 9.17) is 0 Å². The van der Waals surface area contributed by atoms with Gasteiger partial charge in [-0.05, 0) is 132 Å². The number of rotatable bonds is 5. The Labute approximate surface area is 268 Å². The molecule has 7 rings (SSSR count). The number of benzene rings is 5. The molecular weight excluding hydrogens is 561 g/mol. The summed E-state index contributed by atoms with van der Waals surface area (Å²) in [5, 5.41) is 11.9. The van der Waals surface area contributed by atoms with Crippen molar-refractivity contribution in [3.8, 4) is 11.1 Å². The van der Waals surface area contributed by atoms with Crippen molar-refractivity contribution in [2.24, 2.45) is 4.99 Å². The van der Waals surface area contributed by atoms with Gasteiger partial charge in [0.1, 0.15) is 8.07 Å². The van der Waals surface area contributed by atoms with Gasteiger partial charge in [0.05, 0.1) is 5.71 Å². The SMILES string of the molecule is CCc1c2ccccc2c(CC)c2cc(-c3ccc(C4=C5C=CC(=NC)C=C5[Si](C)(C)c5cc(NC)ccc54)c(C)c3)ccc12. The van der Waals surface area contributed by atoms with Crippen LogP contribution in [-0.4, -0.2) is 27.9 Å². The summed E-state index contributed by atoms with van der Waals surface area (Å²) in [6.45, 7) is 11.8. The normalized spacial score (nSPS) is 16.2. The summed E-state index contributed by atoms with van der Waals surface area (Å²) in [6.07, 6.45) is 8.87. The van der Waals surface area contributed by atoms with Crippen molar-refractivity contribution in [3.05, 3.63) is 136 Å². The van der Waals surface area contributed by atoms with Gasteiger partial charge >= 0.3 is 0 Å². The summed E-state index contributed by atoms with van der Waals surface area (Å²) >= 11 is 0. The van der Waals surface area contributed by atoms with E-state index in [9.17, 15) is 0 Å². The number of aryl methyl sites for hydroxylation is 3. The van der Waals surface area contributed by atoms with Gasteiger partial charge in [-0.2, -0.15) is 0 Å². The van der Waals surface area contributed by atoms with Crippen LogP contribution in [0.2, 0.25) is 13.1 Å². The Balaban J connectivity index is 1.41. The molecule has 1 aliphatic carbocycles. The van der Waals surface area contributed by atoms with Gasteiger partial charge in [0.15, 0.2) is 0 Å². The lowest BCUT2D eigenvalue weighted by molar-refractivity contribution is 1.15. The van der Waals surface area contributed by atoms with Crippen LogP contribution in [0.1, 0.15) is 41.7 Å². The van der Waals surface area contributed by atoms with Gasteiger partial charge in [-0.15, -0.1) is 0 Å². The van der Waals surface area contributed by atoms with E-state index in [2.05, 4.69) is 141 Å². The van der Waals surface area contributed by atoms with Gasteiger partial charge in [-0.25, -0.2) is 0 Å². The minimum atomic E-state index is -1.97. The van der Waals surface area contributed by atoms with E-state index in [1.54, 1.807) is 0 Å². The number of aliphatic imine (C=N–C) groups is 1. The van der Waals surface area contributed by atoms with Crippen molar-refractivity contribution < 1.29 is 0 Å². The number of nitrogens with one attached hydrogen (secondary N) is 1. The van der Waals surface area contributed by atoms with E-state index in [0.29, 0.717) is 0 Å². The van der Waals surface area contributed by atoms with Crippen molar-refractivity contribution >= 4 is 51.8 Å². The van der Waals surface area contributed by atoms with Crippen molar-refractivity contribution in [1.82, 2.24) is 0 Å². The molecule has 45 heavy (non-hydrogen) atoms. The smallest absolute Gasteiger partial charge is 0.114 e. The van der Waals surface area contributed by atoms with Crippen LogP contribution in [0.15, 0.2) is 113 Å². The second-order valence-electron chi connectivity index (χ2n) is 13.0. The summed E-state index contributed by atoms with van der Waals surface area (Å²) in [7, 11) is 1.93. The predicted molar refractivity (Wildman–Crippen MR) is 200 cm³/mol. The average Bonchev–Trinajstić information content (AvgIpc) is 3.07. The van der Waals surface area contributed by atoms with E-state index >= 15 is 0 Å². The fraction of sp³-hybridized carbons (Fsp3) is 0.214. The quantitative estimate of drug-likeness (QED) is 0.157. The van der Waals surface area contributed by atoms with Gasteiger partial charge in [0, 0.05) is 19.8 Å². The van der Waals surface area contributed by atoms with Crippen LogP contribution in [0, 0.1) is 6.92 Å². The summed E-state index contributed by atoms with van der Waals surface area (Å²) < 4.78 is 0. The predicted octanol–water partition coefficient (Wildman–Crippen LogP) is 9.97. The van der Waals surface area contributed by atoms with Crippen molar-refractivity contribution in [2.45, 2.75) is 46.7 Å². The highest BCUT2D eigenvalue weighted by Crippen LogP contribution is 2.43. The Morgan fingerprint density at radius 1 is 0.711 bits per heavy atom. The summed E-state index contributed by atoms with van der Waals surface area (Å²) in [5.74, 6) is 0. The van der Waals surface area contributed by atoms with Crippen molar-refractivity contribution in [1.29, 1.82) is 0 Å². The lowest BCUT2D eigenvalue weighted by atomic mass is 9.85. The standard InChI is InChI=1S/C42H42N2Si/c1-8-31-34-12-10-11-13-35(34)32(9-2)39-23-28(15-19-36(31)39)27-14-18-33(26(3)22-27)42-37-20-16-29(43-4)24-40(37)45(6,7)41-25-30(44-5)17-21-38(41)42/h10-25,43H,8-9H2,1-7H3. The molecule has 5 aromatic rings. The second-order valence-corrected chi connectivity index (χ2v) is 17.3. The monoisotopic (exact) mass is 602 g/mol. The first-order valence-corrected chi connectivity index (χ1v) is 19.3. The van der Waals surface area contributed by atoms with Gasteiger partial charge < -0.3 is 5.32 Å². The van der Waals surface area contributed by atoms with Crippen LogP contribution in [0.5, 0.6) is 0 Å². The summed E-state index contributed by atoms with van der Waals surface area (Å²) in [5.41, 5.74) is 14.3. The molecule has 0 saturated heterocycles. The molecule has 0 aromatic heterocycles. The minimum absolute atomic E-state index is 1.02. The lowest BCUT2D eigenvalue weighted by Gasteiger charge is -2.38. The van der Waals surface area contributed by atoms with Gasteiger partial charge in [0.25, 0.3) is 0 Å². The van der Waals surface area contributed by atoms with Crippen LogP contribution in [-0.2, 0) is 12.8 Å². The number of fused-ring (bicyclic) bond motifs is 4. The Hall–Kier alpha value is -4.47.